The minimum atomic E-state index is -0.658. The van der Waals surface area contributed by atoms with Crippen LogP contribution in [0.3, 0.4) is 0 Å². The maximum Gasteiger partial charge on any atom is 0.256 e. The van der Waals surface area contributed by atoms with Crippen molar-refractivity contribution in [3.63, 3.8) is 0 Å². The molecule has 0 spiro atoms. The van der Waals surface area contributed by atoms with Crippen molar-refractivity contribution in [2.24, 2.45) is 0 Å². The molecule has 5 heteroatoms. The lowest BCUT2D eigenvalue weighted by Crippen LogP contribution is -1.97. The number of nitrogens with zero attached hydrogens (tertiary/aromatic N) is 2. The van der Waals surface area contributed by atoms with Gasteiger partial charge in [-0.05, 0) is 18.2 Å². The fourth-order valence-electron chi connectivity index (χ4n) is 1.17. The molecule has 1 N–H and O–H groups in total. The summed E-state index contributed by atoms with van der Waals surface area (Å²) in [6.07, 6.45) is 4.41. The van der Waals surface area contributed by atoms with Gasteiger partial charge in [0.1, 0.15) is 5.75 Å². The number of aliphatic hydroxyl groups is 1. The van der Waals surface area contributed by atoms with Gasteiger partial charge in [0.05, 0.1) is 12.8 Å². The molecular weight excluding hydrogens is 211 g/mol. The van der Waals surface area contributed by atoms with E-state index in [1.165, 1.54) is 18.5 Å². The van der Waals surface area contributed by atoms with Crippen LogP contribution in [0.25, 0.3) is 0 Å². The first-order chi connectivity index (χ1) is 7.81. The number of aromatic nitrogens is 2. The summed E-state index contributed by atoms with van der Waals surface area (Å²) >= 11 is 0. The molecule has 0 radical (unpaired) electrons. The molecule has 4 nitrogen and oxygen atoms in total. The molecule has 0 saturated heterocycles. The largest absolute Gasteiger partial charge is 0.435 e. The summed E-state index contributed by atoms with van der Waals surface area (Å²) in [5.41, 5.74) is 0.147. The lowest BCUT2D eigenvalue weighted by atomic mass is 10.3. The molecule has 0 unspecified atom stereocenters. The molecule has 0 aliphatic rings. The Kier molecular flexibility index (Phi) is 3.07. The standard InChI is InChI=1S/C11H9FN2O2/c12-10-8(7-15)3-5-14-11(10)16-9-2-1-4-13-6-9/h1-6,15H,7H2. The monoisotopic (exact) mass is 220 g/mol. The lowest BCUT2D eigenvalue weighted by molar-refractivity contribution is 0.273. The third-order valence-electron chi connectivity index (χ3n) is 1.96. The average Bonchev–Trinajstić information content (AvgIpc) is 2.33. The third kappa shape index (κ3) is 2.14. The topological polar surface area (TPSA) is 55.2 Å². The van der Waals surface area contributed by atoms with Crippen molar-refractivity contribution in [1.82, 2.24) is 9.97 Å². The first-order valence-corrected chi connectivity index (χ1v) is 4.63. The van der Waals surface area contributed by atoms with Crippen molar-refractivity contribution in [1.29, 1.82) is 0 Å². The average molecular weight is 220 g/mol. The molecule has 0 saturated carbocycles. The SMILES string of the molecule is OCc1ccnc(Oc2cccnc2)c1F. The first kappa shape index (κ1) is 10.5. The Morgan fingerprint density at radius 2 is 2.19 bits per heavy atom. The van der Waals surface area contributed by atoms with Gasteiger partial charge in [0.25, 0.3) is 5.88 Å². The van der Waals surface area contributed by atoms with Crippen molar-refractivity contribution in [3.8, 4) is 11.6 Å². The Hall–Kier alpha value is -2.01. The van der Waals surface area contributed by atoms with E-state index in [4.69, 9.17) is 9.84 Å². The fourth-order valence-corrected chi connectivity index (χ4v) is 1.17. The molecule has 0 bridgehead atoms. The molecule has 2 aromatic heterocycles. The molecule has 82 valence electrons. The first-order valence-electron chi connectivity index (χ1n) is 4.63. The smallest absolute Gasteiger partial charge is 0.256 e. The highest BCUT2D eigenvalue weighted by molar-refractivity contribution is 5.28. The molecule has 2 heterocycles. The predicted octanol–water partition coefficient (Wildman–Crippen LogP) is 1.90. The highest BCUT2D eigenvalue weighted by Crippen LogP contribution is 2.22. The summed E-state index contributed by atoms with van der Waals surface area (Å²) in [5.74, 6) is -0.433. The van der Waals surface area contributed by atoms with Gasteiger partial charge < -0.3 is 9.84 Å². The number of hydrogen-bond acceptors (Lipinski definition) is 4. The maximum atomic E-state index is 13.6. The van der Waals surface area contributed by atoms with Crippen molar-refractivity contribution < 1.29 is 14.2 Å². The molecule has 16 heavy (non-hydrogen) atoms. The summed E-state index contributed by atoms with van der Waals surface area (Å²) in [5, 5.41) is 8.87. The Labute approximate surface area is 91.4 Å². The van der Waals surface area contributed by atoms with Gasteiger partial charge in [-0.1, -0.05) is 0 Å². The van der Waals surface area contributed by atoms with Crippen molar-refractivity contribution >= 4 is 0 Å². The van der Waals surface area contributed by atoms with Crippen LogP contribution in [0.15, 0.2) is 36.8 Å². The lowest BCUT2D eigenvalue weighted by Gasteiger charge is -2.06. The normalized spacial score (nSPS) is 10.1. The van der Waals surface area contributed by atoms with E-state index in [1.54, 1.807) is 18.3 Å². The van der Waals surface area contributed by atoms with Crippen LogP contribution in [-0.2, 0) is 6.61 Å². The Morgan fingerprint density at radius 1 is 1.31 bits per heavy atom. The summed E-state index contributed by atoms with van der Waals surface area (Å²) in [4.78, 5) is 7.57. The van der Waals surface area contributed by atoms with Crippen molar-refractivity contribution in [2.45, 2.75) is 6.61 Å². The van der Waals surface area contributed by atoms with E-state index < -0.39 is 12.4 Å². The van der Waals surface area contributed by atoms with Crippen molar-refractivity contribution in [2.75, 3.05) is 0 Å². The Balaban J connectivity index is 2.28. The number of hydrogen-bond donors (Lipinski definition) is 1. The number of rotatable bonds is 3. The second-order valence-electron chi connectivity index (χ2n) is 3.04. The molecule has 2 rings (SSSR count). The van der Waals surface area contributed by atoms with Crippen LogP contribution in [0, 0.1) is 5.82 Å². The second kappa shape index (κ2) is 4.67. The third-order valence-corrected chi connectivity index (χ3v) is 1.96. The Bertz CT molecular complexity index is 477. The molecule has 0 aliphatic carbocycles. The number of ether oxygens (including phenoxy) is 1. The van der Waals surface area contributed by atoms with E-state index in [-0.39, 0.29) is 11.4 Å². The quantitative estimate of drug-likeness (QED) is 0.858. The zero-order valence-corrected chi connectivity index (χ0v) is 8.30. The van der Waals surface area contributed by atoms with Crippen LogP contribution in [0.2, 0.25) is 0 Å². The minimum absolute atomic E-state index is 0.147. The Morgan fingerprint density at radius 3 is 2.88 bits per heavy atom. The molecule has 0 amide bonds. The van der Waals surface area contributed by atoms with Crippen LogP contribution < -0.4 is 4.74 Å². The highest BCUT2D eigenvalue weighted by atomic mass is 19.1. The molecule has 0 aromatic carbocycles. The summed E-state index contributed by atoms with van der Waals surface area (Å²) in [6.45, 7) is -0.391. The second-order valence-corrected chi connectivity index (χ2v) is 3.04. The number of aliphatic hydroxyl groups excluding tert-OH is 1. The maximum absolute atomic E-state index is 13.6. The molecular formula is C11H9FN2O2. The van der Waals surface area contributed by atoms with Gasteiger partial charge in [0.2, 0.25) is 0 Å². The van der Waals surface area contributed by atoms with Gasteiger partial charge in [-0.2, -0.15) is 0 Å². The number of pyridine rings is 2. The highest BCUT2D eigenvalue weighted by Gasteiger charge is 2.10. The summed E-state index contributed by atoms with van der Waals surface area (Å²) in [7, 11) is 0. The van der Waals surface area contributed by atoms with E-state index in [1.807, 2.05) is 0 Å². The van der Waals surface area contributed by atoms with Gasteiger partial charge in [-0.15, -0.1) is 0 Å². The fraction of sp³-hybridized carbons (Fsp3) is 0.0909. The minimum Gasteiger partial charge on any atom is -0.435 e. The summed E-state index contributed by atoms with van der Waals surface area (Å²) in [6, 6.07) is 4.70. The number of halogens is 1. The van der Waals surface area contributed by atoms with Crippen LogP contribution in [-0.4, -0.2) is 15.1 Å². The van der Waals surface area contributed by atoms with Gasteiger partial charge in [0, 0.05) is 18.0 Å². The molecule has 0 aliphatic heterocycles. The van der Waals surface area contributed by atoms with Crippen LogP contribution in [0.5, 0.6) is 11.6 Å². The van der Waals surface area contributed by atoms with Crippen LogP contribution in [0.1, 0.15) is 5.56 Å². The zero-order valence-electron chi connectivity index (χ0n) is 8.30. The predicted molar refractivity (Wildman–Crippen MR) is 54.4 cm³/mol. The van der Waals surface area contributed by atoms with E-state index in [9.17, 15) is 4.39 Å². The van der Waals surface area contributed by atoms with Gasteiger partial charge in [0.15, 0.2) is 5.82 Å². The van der Waals surface area contributed by atoms with E-state index in [0.29, 0.717) is 5.75 Å². The zero-order chi connectivity index (χ0) is 11.4. The molecule has 2 aromatic rings. The van der Waals surface area contributed by atoms with Gasteiger partial charge in [-0.3, -0.25) is 4.98 Å². The van der Waals surface area contributed by atoms with Crippen molar-refractivity contribution in [3.05, 3.63) is 48.2 Å². The van der Waals surface area contributed by atoms with Crippen LogP contribution in [0.4, 0.5) is 4.39 Å². The molecule has 0 atom stereocenters. The van der Waals surface area contributed by atoms with Crippen LogP contribution >= 0.6 is 0 Å². The molecule has 0 fully saturated rings. The van der Waals surface area contributed by atoms with E-state index in [0.717, 1.165) is 0 Å². The summed E-state index contributed by atoms with van der Waals surface area (Å²) < 4.78 is 18.8. The van der Waals surface area contributed by atoms with E-state index >= 15 is 0 Å². The van der Waals surface area contributed by atoms with Gasteiger partial charge in [-0.25, -0.2) is 9.37 Å². The van der Waals surface area contributed by atoms with E-state index in [2.05, 4.69) is 9.97 Å². The van der Waals surface area contributed by atoms with Gasteiger partial charge >= 0.3 is 0 Å².